The average Bonchev–Trinajstić information content (AvgIpc) is 2.57. The third-order valence-corrected chi connectivity index (χ3v) is 4.47. The summed E-state index contributed by atoms with van der Waals surface area (Å²) in [4.78, 5) is 10.2. The molecule has 0 fully saturated rings. The molecule has 0 saturated carbocycles. The van der Waals surface area contributed by atoms with E-state index < -0.39 is 5.54 Å². The molecular weight excluding hydrogens is 426 g/mol. The molecule has 1 aromatic carbocycles. The molecule has 1 atom stereocenters. The van der Waals surface area contributed by atoms with Gasteiger partial charge in [0.15, 0.2) is 0 Å². The van der Waals surface area contributed by atoms with E-state index in [1.54, 1.807) is 12.4 Å². The highest BCUT2D eigenvalue weighted by Crippen LogP contribution is 2.23. The largest absolute Gasteiger partial charge is 0.484 e. The molecule has 0 bridgehead atoms. The molecule has 0 spiro atoms. The Balaban J connectivity index is 1.96. The third kappa shape index (κ3) is 7.07. The standard InChI is InChI=1S/C20H26BrN3O2S/c1-13(2)11-25-23-12-20(4,5)24-19(27)14(3)26-17-6-7-18-15(9-17)8-16(21)10-22-18/h6-10,12-14H,11H2,1-5H3,(H,24,27). The third-order valence-electron chi connectivity index (χ3n) is 3.60. The first-order valence-corrected chi connectivity index (χ1v) is 10.1. The highest BCUT2D eigenvalue weighted by Gasteiger charge is 2.20. The first kappa shape index (κ1) is 21.6. The first-order valence-electron chi connectivity index (χ1n) is 8.87. The van der Waals surface area contributed by atoms with Crippen LogP contribution >= 0.6 is 28.1 Å². The SMILES string of the molecule is CC(C)CON=CC(C)(C)NC(=S)C(C)Oc1ccc2ncc(Br)cc2c1. The molecular formula is C20H26BrN3O2S. The normalized spacial score (nSPS) is 13.1. The Morgan fingerprint density at radius 3 is 2.78 bits per heavy atom. The smallest absolute Gasteiger partial charge is 0.146 e. The Labute approximate surface area is 174 Å². The topological polar surface area (TPSA) is 55.7 Å². The van der Waals surface area contributed by atoms with Gasteiger partial charge in [0.25, 0.3) is 0 Å². The molecule has 0 amide bonds. The summed E-state index contributed by atoms with van der Waals surface area (Å²) in [5.41, 5.74) is 0.474. The van der Waals surface area contributed by atoms with Crippen molar-refractivity contribution in [2.24, 2.45) is 11.1 Å². The van der Waals surface area contributed by atoms with Crippen molar-refractivity contribution in [1.29, 1.82) is 0 Å². The van der Waals surface area contributed by atoms with E-state index in [1.807, 2.05) is 45.0 Å². The molecule has 1 aromatic heterocycles. The number of thiocarbonyl (C=S) groups is 1. The number of oxime groups is 1. The summed E-state index contributed by atoms with van der Waals surface area (Å²) in [6, 6.07) is 7.80. The maximum atomic E-state index is 6.00. The fraction of sp³-hybridized carbons (Fsp3) is 0.450. The number of ether oxygens (including phenoxy) is 1. The zero-order valence-corrected chi connectivity index (χ0v) is 18.7. The fourth-order valence-electron chi connectivity index (χ4n) is 2.23. The van der Waals surface area contributed by atoms with Crippen LogP contribution in [0.1, 0.15) is 34.6 Å². The summed E-state index contributed by atoms with van der Waals surface area (Å²) in [5.74, 6) is 1.18. The van der Waals surface area contributed by atoms with Crippen molar-refractivity contribution < 1.29 is 9.57 Å². The lowest BCUT2D eigenvalue weighted by Gasteiger charge is -2.26. The van der Waals surface area contributed by atoms with Crippen LogP contribution in [0.25, 0.3) is 10.9 Å². The fourth-order valence-corrected chi connectivity index (χ4v) is 2.89. The minimum atomic E-state index is -0.441. The van der Waals surface area contributed by atoms with E-state index in [0.29, 0.717) is 17.5 Å². The van der Waals surface area contributed by atoms with Crippen LogP contribution in [-0.2, 0) is 4.84 Å². The van der Waals surface area contributed by atoms with E-state index in [2.05, 4.69) is 45.2 Å². The van der Waals surface area contributed by atoms with Gasteiger partial charge >= 0.3 is 0 Å². The minimum absolute atomic E-state index is 0.290. The van der Waals surface area contributed by atoms with E-state index in [4.69, 9.17) is 21.8 Å². The van der Waals surface area contributed by atoms with Gasteiger partial charge in [0, 0.05) is 16.1 Å². The van der Waals surface area contributed by atoms with Gasteiger partial charge in [-0.15, -0.1) is 0 Å². The van der Waals surface area contributed by atoms with Gasteiger partial charge in [-0.3, -0.25) is 4.98 Å². The number of fused-ring (bicyclic) bond motifs is 1. The Kier molecular flexibility index (Phi) is 7.56. The number of hydrogen-bond donors (Lipinski definition) is 1. The molecule has 5 nitrogen and oxygen atoms in total. The Morgan fingerprint density at radius 2 is 2.07 bits per heavy atom. The van der Waals surface area contributed by atoms with E-state index >= 15 is 0 Å². The van der Waals surface area contributed by atoms with E-state index in [0.717, 1.165) is 21.1 Å². The average molecular weight is 452 g/mol. The van der Waals surface area contributed by atoms with Crippen molar-refractivity contribution in [3.8, 4) is 5.75 Å². The predicted octanol–water partition coefficient (Wildman–Crippen LogP) is 5.12. The van der Waals surface area contributed by atoms with Crippen LogP contribution in [0.4, 0.5) is 0 Å². The molecule has 0 saturated heterocycles. The predicted molar refractivity (Wildman–Crippen MR) is 119 cm³/mol. The lowest BCUT2D eigenvalue weighted by atomic mass is 10.1. The number of halogens is 1. The van der Waals surface area contributed by atoms with Crippen molar-refractivity contribution in [3.63, 3.8) is 0 Å². The second-order valence-electron chi connectivity index (χ2n) is 7.40. The van der Waals surface area contributed by atoms with Gasteiger partial charge in [-0.05, 0) is 66.9 Å². The van der Waals surface area contributed by atoms with E-state index in [1.165, 1.54) is 0 Å². The summed E-state index contributed by atoms with van der Waals surface area (Å²) in [7, 11) is 0. The van der Waals surface area contributed by atoms with Crippen LogP contribution in [0.15, 0.2) is 40.1 Å². The molecule has 1 N–H and O–H groups in total. The molecule has 1 unspecified atom stereocenters. The van der Waals surface area contributed by atoms with Gasteiger partial charge < -0.3 is 14.9 Å². The van der Waals surface area contributed by atoms with E-state index in [-0.39, 0.29) is 6.10 Å². The zero-order valence-electron chi connectivity index (χ0n) is 16.3. The van der Waals surface area contributed by atoms with Crippen LogP contribution in [0.3, 0.4) is 0 Å². The summed E-state index contributed by atoms with van der Waals surface area (Å²) < 4.78 is 6.93. The highest BCUT2D eigenvalue weighted by atomic mass is 79.9. The second kappa shape index (κ2) is 9.46. The molecule has 27 heavy (non-hydrogen) atoms. The molecule has 7 heteroatoms. The van der Waals surface area contributed by atoms with E-state index in [9.17, 15) is 0 Å². The van der Waals surface area contributed by atoms with Gasteiger partial charge in [-0.1, -0.05) is 31.2 Å². The Morgan fingerprint density at radius 1 is 1.33 bits per heavy atom. The van der Waals surface area contributed by atoms with Gasteiger partial charge in [0.1, 0.15) is 23.4 Å². The first-order chi connectivity index (χ1) is 12.7. The number of benzene rings is 1. The zero-order chi connectivity index (χ0) is 20.0. The second-order valence-corrected chi connectivity index (χ2v) is 8.76. The number of hydrogen-bond acceptors (Lipinski definition) is 5. The molecule has 0 aliphatic heterocycles. The summed E-state index contributed by atoms with van der Waals surface area (Å²) in [6.45, 7) is 10.6. The number of aromatic nitrogens is 1. The molecule has 2 aromatic rings. The molecule has 0 radical (unpaired) electrons. The van der Waals surface area contributed by atoms with Crippen LogP contribution in [0.5, 0.6) is 5.75 Å². The maximum absolute atomic E-state index is 6.00. The van der Waals surface area contributed by atoms with Crippen LogP contribution in [-0.4, -0.2) is 34.4 Å². The summed E-state index contributed by atoms with van der Waals surface area (Å²) in [6.07, 6.45) is 3.20. The molecule has 1 heterocycles. The highest BCUT2D eigenvalue weighted by molar-refractivity contribution is 9.10. The number of nitrogens with zero attached hydrogens (tertiary/aromatic N) is 2. The Bertz CT molecular complexity index is 824. The molecule has 0 aliphatic rings. The minimum Gasteiger partial charge on any atom is -0.484 e. The quantitative estimate of drug-likeness (QED) is 0.342. The molecule has 146 valence electrons. The lowest BCUT2D eigenvalue weighted by Crippen LogP contribution is -2.48. The van der Waals surface area contributed by atoms with Gasteiger partial charge in [0.05, 0.1) is 17.3 Å². The van der Waals surface area contributed by atoms with Crippen molar-refractivity contribution in [1.82, 2.24) is 10.3 Å². The maximum Gasteiger partial charge on any atom is 0.146 e. The van der Waals surface area contributed by atoms with Crippen molar-refractivity contribution in [3.05, 3.63) is 34.9 Å². The van der Waals surface area contributed by atoms with Crippen LogP contribution in [0, 0.1) is 5.92 Å². The molecule has 0 aliphatic carbocycles. The number of pyridine rings is 1. The number of nitrogens with one attached hydrogen (secondary N) is 1. The number of rotatable bonds is 8. The van der Waals surface area contributed by atoms with Crippen LogP contribution < -0.4 is 10.1 Å². The van der Waals surface area contributed by atoms with Crippen molar-refractivity contribution in [2.75, 3.05) is 6.61 Å². The Hall–Kier alpha value is -1.73. The summed E-state index contributed by atoms with van der Waals surface area (Å²) in [5, 5.41) is 8.29. The van der Waals surface area contributed by atoms with Gasteiger partial charge in [0.2, 0.25) is 0 Å². The van der Waals surface area contributed by atoms with Crippen molar-refractivity contribution in [2.45, 2.75) is 46.3 Å². The van der Waals surface area contributed by atoms with Crippen molar-refractivity contribution >= 4 is 50.3 Å². The van der Waals surface area contributed by atoms with Crippen LogP contribution in [0.2, 0.25) is 0 Å². The molecule has 2 rings (SSSR count). The van der Waals surface area contributed by atoms with Gasteiger partial charge in [-0.25, -0.2) is 0 Å². The van der Waals surface area contributed by atoms with Gasteiger partial charge in [-0.2, -0.15) is 0 Å². The monoisotopic (exact) mass is 451 g/mol. The summed E-state index contributed by atoms with van der Waals surface area (Å²) >= 11 is 8.94. The lowest BCUT2D eigenvalue weighted by molar-refractivity contribution is 0.118.